The SMILES string of the molecule is c1ccc(CN2Cc3[nH]c4ccccc4c3C(c3ccccc3)C2)cc1. The van der Waals surface area contributed by atoms with E-state index >= 15 is 0 Å². The van der Waals surface area contributed by atoms with Gasteiger partial charge in [-0.3, -0.25) is 4.90 Å². The molecule has 2 heteroatoms. The van der Waals surface area contributed by atoms with Gasteiger partial charge in [0.2, 0.25) is 0 Å². The molecule has 2 nitrogen and oxygen atoms in total. The summed E-state index contributed by atoms with van der Waals surface area (Å²) >= 11 is 0. The summed E-state index contributed by atoms with van der Waals surface area (Å²) in [6.45, 7) is 3.01. The average molecular weight is 338 g/mol. The molecule has 0 aliphatic carbocycles. The molecule has 0 bridgehead atoms. The van der Waals surface area contributed by atoms with Gasteiger partial charge in [0.05, 0.1) is 0 Å². The summed E-state index contributed by atoms with van der Waals surface area (Å²) in [5.41, 5.74) is 6.87. The lowest BCUT2D eigenvalue weighted by molar-refractivity contribution is 0.230. The van der Waals surface area contributed by atoms with Crippen molar-refractivity contribution in [2.24, 2.45) is 0 Å². The maximum atomic E-state index is 3.69. The summed E-state index contributed by atoms with van der Waals surface area (Å²) in [4.78, 5) is 6.25. The number of hydrogen-bond donors (Lipinski definition) is 1. The summed E-state index contributed by atoms with van der Waals surface area (Å²) in [7, 11) is 0. The maximum absolute atomic E-state index is 3.69. The highest BCUT2D eigenvalue weighted by molar-refractivity contribution is 5.86. The molecule has 0 saturated heterocycles. The van der Waals surface area contributed by atoms with Crippen molar-refractivity contribution in [3.05, 3.63) is 107 Å². The van der Waals surface area contributed by atoms with E-state index in [0.29, 0.717) is 5.92 Å². The van der Waals surface area contributed by atoms with Gasteiger partial charge in [0, 0.05) is 42.1 Å². The number of rotatable bonds is 3. The molecule has 0 spiro atoms. The van der Waals surface area contributed by atoms with E-state index < -0.39 is 0 Å². The molecule has 26 heavy (non-hydrogen) atoms. The molecule has 5 rings (SSSR count). The topological polar surface area (TPSA) is 19.0 Å². The van der Waals surface area contributed by atoms with Crippen molar-refractivity contribution in [1.29, 1.82) is 0 Å². The van der Waals surface area contributed by atoms with Gasteiger partial charge in [-0.15, -0.1) is 0 Å². The Balaban J connectivity index is 1.58. The molecule has 1 aromatic heterocycles. The van der Waals surface area contributed by atoms with E-state index in [1.807, 2.05) is 0 Å². The van der Waals surface area contributed by atoms with Crippen molar-refractivity contribution in [2.75, 3.05) is 6.54 Å². The normalized spacial score (nSPS) is 17.3. The fourth-order valence-electron chi connectivity index (χ4n) is 4.30. The van der Waals surface area contributed by atoms with Gasteiger partial charge in [-0.1, -0.05) is 78.9 Å². The summed E-state index contributed by atoms with van der Waals surface area (Å²) in [6.07, 6.45) is 0. The number of hydrogen-bond acceptors (Lipinski definition) is 1. The zero-order valence-electron chi connectivity index (χ0n) is 14.7. The maximum Gasteiger partial charge on any atom is 0.0459 e. The molecule has 128 valence electrons. The van der Waals surface area contributed by atoms with Gasteiger partial charge in [-0.25, -0.2) is 0 Å². The predicted molar refractivity (Wildman–Crippen MR) is 107 cm³/mol. The van der Waals surface area contributed by atoms with Crippen molar-refractivity contribution < 1.29 is 0 Å². The van der Waals surface area contributed by atoms with E-state index in [1.54, 1.807) is 0 Å². The summed E-state index contributed by atoms with van der Waals surface area (Å²) in [5.74, 6) is 0.403. The summed E-state index contributed by atoms with van der Waals surface area (Å²) < 4.78 is 0. The van der Waals surface area contributed by atoms with Gasteiger partial charge in [0.1, 0.15) is 0 Å². The molecule has 1 atom stereocenters. The molecule has 0 radical (unpaired) electrons. The molecule has 0 fully saturated rings. The van der Waals surface area contributed by atoms with Crippen molar-refractivity contribution in [2.45, 2.75) is 19.0 Å². The highest BCUT2D eigenvalue weighted by atomic mass is 15.1. The minimum absolute atomic E-state index is 0.403. The first-order valence-electron chi connectivity index (χ1n) is 9.29. The van der Waals surface area contributed by atoms with E-state index in [1.165, 1.54) is 33.3 Å². The van der Waals surface area contributed by atoms with Crippen LogP contribution in [0.1, 0.15) is 28.3 Å². The van der Waals surface area contributed by atoms with Gasteiger partial charge in [-0.05, 0) is 22.8 Å². The molecule has 1 aliphatic rings. The minimum Gasteiger partial charge on any atom is -0.357 e. The number of benzene rings is 3. The number of nitrogens with zero attached hydrogens (tertiary/aromatic N) is 1. The zero-order valence-corrected chi connectivity index (χ0v) is 14.7. The third kappa shape index (κ3) is 2.73. The Labute approximate surface area is 154 Å². The number of aromatic nitrogens is 1. The Hall–Kier alpha value is -2.84. The molecule has 0 saturated carbocycles. The minimum atomic E-state index is 0.403. The second-order valence-electron chi connectivity index (χ2n) is 7.18. The fourth-order valence-corrected chi connectivity index (χ4v) is 4.30. The van der Waals surface area contributed by atoms with Gasteiger partial charge in [0.25, 0.3) is 0 Å². The zero-order chi connectivity index (χ0) is 17.3. The number of aromatic amines is 1. The standard InChI is InChI=1S/C24H22N2/c1-3-9-18(10-4-1)15-26-16-21(19-11-5-2-6-12-19)24-20-13-7-8-14-22(20)25-23(24)17-26/h1-14,21,25H,15-17H2. The Morgan fingerprint density at radius 2 is 1.50 bits per heavy atom. The lowest BCUT2D eigenvalue weighted by atomic mass is 9.86. The molecule has 2 heterocycles. The van der Waals surface area contributed by atoms with Crippen LogP contribution in [-0.4, -0.2) is 16.4 Å². The number of fused-ring (bicyclic) bond motifs is 3. The van der Waals surface area contributed by atoms with Crippen molar-refractivity contribution in [1.82, 2.24) is 9.88 Å². The lowest BCUT2D eigenvalue weighted by Gasteiger charge is -2.33. The summed E-state index contributed by atoms with van der Waals surface area (Å²) in [6, 6.07) is 30.4. The Morgan fingerprint density at radius 3 is 2.31 bits per heavy atom. The van der Waals surface area contributed by atoms with Gasteiger partial charge < -0.3 is 4.98 Å². The van der Waals surface area contributed by atoms with Gasteiger partial charge in [0.15, 0.2) is 0 Å². The second-order valence-corrected chi connectivity index (χ2v) is 7.18. The quantitative estimate of drug-likeness (QED) is 0.536. The van der Waals surface area contributed by atoms with Crippen molar-refractivity contribution >= 4 is 10.9 Å². The fraction of sp³-hybridized carbons (Fsp3) is 0.167. The largest absolute Gasteiger partial charge is 0.357 e. The molecule has 3 aromatic carbocycles. The van der Waals surface area contributed by atoms with Crippen LogP contribution in [-0.2, 0) is 13.1 Å². The van der Waals surface area contributed by atoms with Crippen LogP contribution in [0.4, 0.5) is 0 Å². The van der Waals surface area contributed by atoms with E-state index in [4.69, 9.17) is 0 Å². The molecular formula is C24H22N2. The third-order valence-electron chi connectivity index (χ3n) is 5.45. The molecule has 1 aliphatic heterocycles. The number of nitrogens with one attached hydrogen (secondary N) is 1. The van der Waals surface area contributed by atoms with Crippen LogP contribution >= 0.6 is 0 Å². The van der Waals surface area contributed by atoms with Gasteiger partial charge >= 0.3 is 0 Å². The molecule has 4 aromatic rings. The van der Waals surface area contributed by atoms with Gasteiger partial charge in [-0.2, -0.15) is 0 Å². The van der Waals surface area contributed by atoms with E-state index in [0.717, 1.165) is 19.6 Å². The molecule has 0 amide bonds. The third-order valence-corrected chi connectivity index (χ3v) is 5.45. The first-order chi connectivity index (χ1) is 12.9. The molecular weight excluding hydrogens is 316 g/mol. The number of para-hydroxylation sites is 1. The lowest BCUT2D eigenvalue weighted by Crippen LogP contribution is -2.33. The highest BCUT2D eigenvalue weighted by Gasteiger charge is 2.29. The number of H-pyrrole nitrogens is 1. The average Bonchev–Trinajstić information content (AvgIpc) is 3.07. The predicted octanol–water partition coefficient (Wildman–Crippen LogP) is 5.32. The Bertz CT molecular complexity index is 1020. The van der Waals surface area contributed by atoms with Crippen molar-refractivity contribution in [3.63, 3.8) is 0 Å². The summed E-state index contributed by atoms with van der Waals surface area (Å²) in [5, 5.41) is 1.37. The smallest absolute Gasteiger partial charge is 0.0459 e. The van der Waals surface area contributed by atoms with Crippen LogP contribution in [0.2, 0.25) is 0 Å². The van der Waals surface area contributed by atoms with E-state index in [2.05, 4.69) is 94.8 Å². The molecule has 1 N–H and O–H groups in total. The Kier molecular flexibility index (Phi) is 3.84. The van der Waals surface area contributed by atoms with Crippen LogP contribution in [0.25, 0.3) is 10.9 Å². The van der Waals surface area contributed by atoms with E-state index in [9.17, 15) is 0 Å². The van der Waals surface area contributed by atoms with E-state index in [-0.39, 0.29) is 0 Å². The van der Waals surface area contributed by atoms with Crippen LogP contribution < -0.4 is 0 Å². The first-order valence-corrected chi connectivity index (χ1v) is 9.29. The van der Waals surface area contributed by atoms with Crippen molar-refractivity contribution in [3.8, 4) is 0 Å². The second kappa shape index (κ2) is 6.47. The van der Waals surface area contributed by atoms with Crippen LogP contribution in [0.5, 0.6) is 0 Å². The Morgan fingerprint density at radius 1 is 0.808 bits per heavy atom. The van der Waals surface area contributed by atoms with Crippen LogP contribution in [0.15, 0.2) is 84.9 Å². The van der Waals surface area contributed by atoms with Crippen LogP contribution in [0, 0.1) is 0 Å². The molecule has 1 unspecified atom stereocenters. The monoisotopic (exact) mass is 338 g/mol. The van der Waals surface area contributed by atoms with Crippen LogP contribution in [0.3, 0.4) is 0 Å². The highest BCUT2D eigenvalue weighted by Crippen LogP contribution is 2.38. The first kappa shape index (κ1) is 15.4.